The lowest BCUT2D eigenvalue weighted by Crippen LogP contribution is -2.17. The van der Waals surface area contributed by atoms with Crippen LogP contribution in [0.5, 0.6) is 23.0 Å². The van der Waals surface area contributed by atoms with Crippen LogP contribution in [-0.4, -0.2) is 22.2 Å². The molecule has 2 N–H and O–H groups in total. The second-order valence-corrected chi connectivity index (χ2v) is 6.37. The van der Waals surface area contributed by atoms with E-state index < -0.39 is 11.9 Å². The minimum absolute atomic E-state index is 0.0159. The van der Waals surface area contributed by atoms with Crippen LogP contribution in [0.4, 0.5) is 0 Å². The normalized spacial score (nSPS) is 10.4. The van der Waals surface area contributed by atoms with Crippen molar-refractivity contribution in [3.05, 3.63) is 81.8 Å². The summed E-state index contributed by atoms with van der Waals surface area (Å²) in [5.74, 6) is -1.73. The van der Waals surface area contributed by atoms with Gasteiger partial charge in [-0.1, -0.05) is 35.3 Å². The second kappa shape index (κ2) is 8.21. The van der Waals surface area contributed by atoms with E-state index in [1.165, 1.54) is 48.5 Å². The highest BCUT2D eigenvalue weighted by Crippen LogP contribution is 2.29. The van der Waals surface area contributed by atoms with Crippen LogP contribution in [0.1, 0.15) is 20.7 Å². The van der Waals surface area contributed by atoms with E-state index in [2.05, 4.69) is 0 Å². The zero-order chi connectivity index (χ0) is 20.3. The maximum atomic E-state index is 12.5. The lowest BCUT2D eigenvalue weighted by Gasteiger charge is -2.10. The number of carbonyl (C=O) groups is 2. The molecule has 0 fully saturated rings. The minimum atomic E-state index is -0.807. The molecule has 0 aromatic heterocycles. The first-order chi connectivity index (χ1) is 13.3. The molecule has 3 aromatic carbocycles. The van der Waals surface area contributed by atoms with Gasteiger partial charge in [0.15, 0.2) is 0 Å². The third-order valence-electron chi connectivity index (χ3n) is 3.63. The molecule has 28 heavy (non-hydrogen) atoms. The van der Waals surface area contributed by atoms with Crippen molar-refractivity contribution >= 4 is 35.1 Å². The molecule has 0 heterocycles. The fraction of sp³-hybridized carbons (Fsp3) is 0. The first-order valence-electron chi connectivity index (χ1n) is 7.85. The Morgan fingerprint density at radius 2 is 1.07 bits per heavy atom. The number of aromatic hydroxyl groups is 2. The maximum absolute atomic E-state index is 12.5. The number of halogens is 2. The summed E-state index contributed by atoms with van der Waals surface area (Å²) in [6.45, 7) is 0. The number of esters is 2. The Kier molecular flexibility index (Phi) is 5.73. The molecule has 6 nitrogen and oxygen atoms in total. The van der Waals surface area contributed by atoms with E-state index in [9.17, 15) is 19.8 Å². The monoisotopic (exact) mass is 418 g/mol. The lowest BCUT2D eigenvalue weighted by atomic mass is 10.1. The van der Waals surface area contributed by atoms with Gasteiger partial charge in [-0.15, -0.1) is 0 Å². The molecule has 0 saturated carbocycles. The van der Waals surface area contributed by atoms with Crippen molar-refractivity contribution in [1.82, 2.24) is 0 Å². The van der Waals surface area contributed by atoms with Gasteiger partial charge in [-0.05, 0) is 36.4 Å². The molecule has 0 aliphatic rings. The average Bonchev–Trinajstić information content (AvgIpc) is 2.67. The minimum Gasteiger partial charge on any atom is -0.506 e. The summed E-state index contributed by atoms with van der Waals surface area (Å²) in [7, 11) is 0. The van der Waals surface area contributed by atoms with Gasteiger partial charge in [0.2, 0.25) is 0 Å². The van der Waals surface area contributed by atoms with Crippen molar-refractivity contribution in [2.75, 3.05) is 0 Å². The third-order valence-corrected chi connectivity index (χ3v) is 4.23. The largest absolute Gasteiger partial charge is 0.506 e. The van der Waals surface area contributed by atoms with Crippen LogP contribution in [0.2, 0.25) is 10.0 Å². The van der Waals surface area contributed by atoms with Crippen LogP contribution >= 0.6 is 23.2 Å². The molecule has 0 unspecified atom stereocenters. The van der Waals surface area contributed by atoms with Crippen LogP contribution in [0.25, 0.3) is 0 Å². The number of phenols is 2. The molecular weight excluding hydrogens is 407 g/mol. The van der Waals surface area contributed by atoms with E-state index >= 15 is 0 Å². The van der Waals surface area contributed by atoms with Crippen molar-refractivity contribution in [2.45, 2.75) is 0 Å². The maximum Gasteiger partial charge on any atom is 0.344 e. The molecule has 8 heteroatoms. The zero-order valence-electron chi connectivity index (χ0n) is 14.1. The number of phenolic OH excluding ortho intramolecular Hbond substituents is 2. The number of hydrogen-bond donors (Lipinski definition) is 2. The van der Waals surface area contributed by atoms with Gasteiger partial charge in [0.05, 0.1) is 21.2 Å². The Bertz CT molecular complexity index is 980. The van der Waals surface area contributed by atoms with E-state index in [0.717, 1.165) is 0 Å². The number of carbonyl (C=O) groups excluding carboxylic acids is 2. The molecule has 0 spiro atoms. The average molecular weight is 419 g/mol. The van der Waals surface area contributed by atoms with Gasteiger partial charge in [0.25, 0.3) is 0 Å². The molecular formula is C20H12Cl2O6. The van der Waals surface area contributed by atoms with Gasteiger partial charge < -0.3 is 19.7 Å². The fourth-order valence-electron chi connectivity index (χ4n) is 2.27. The van der Waals surface area contributed by atoms with E-state index in [0.29, 0.717) is 0 Å². The molecule has 3 rings (SSSR count). The molecule has 3 aromatic rings. The van der Waals surface area contributed by atoms with E-state index in [1.54, 1.807) is 12.1 Å². The Hall–Kier alpha value is -3.22. The molecule has 0 amide bonds. The van der Waals surface area contributed by atoms with Gasteiger partial charge in [-0.25, -0.2) is 9.59 Å². The lowest BCUT2D eigenvalue weighted by molar-refractivity contribution is 0.0692. The molecule has 0 radical (unpaired) electrons. The van der Waals surface area contributed by atoms with Crippen molar-refractivity contribution in [3.63, 3.8) is 0 Å². The molecule has 0 aliphatic carbocycles. The summed E-state index contributed by atoms with van der Waals surface area (Å²) < 4.78 is 10.4. The Labute approximate surface area is 169 Å². The van der Waals surface area contributed by atoms with Crippen LogP contribution in [-0.2, 0) is 0 Å². The predicted molar refractivity (Wildman–Crippen MR) is 103 cm³/mol. The number of rotatable bonds is 4. The van der Waals surface area contributed by atoms with Crippen molar-refractivity contribution in [1.29, 1.82) is 0 Å². The van der Waals surface area contributed by atoms with Crippen LogP contribution in [0.3, 0.4) is 0 Å². The topological polar surface area (TPSA) is 93.1 Å². The Morgan fingerprint density at radius 3 is 1.43 bits per heavy atom. The van der Waals surface area contributed by atoms with Crippen LogP contribution in [0, 0.1) is 0 Å². The fourth-order valence-corrected chi connectivity index (χ4v) is 2.61. The van der Waals surface area contributed by atoms with Gasteiger partial charge in [0, 0.05) is 12.1 Å². The summed E-state index contributed by atoms with van der Waals surface area (Å²) in [4.78, 5) is 25.0. The first-order valence-corrected chi connectivity index (χ1v) is 8.61. The zero-order valence-corrected chi connectivity index (χ0v) is 15.6. The third kappa shape index (κ3) is 4.36. The van der Waals surface area contributed by atoms with Crippen molar-refractivity contribution < 1.29 is 29.3 Å². The Balaban J connectivity index is 1.83. The van der Waals surface area contributed by atoms with Crippen molar-refractivity contribution in [2.24, 2.45) is 0 Å². The molecule has 0 saturated heterocycles. The second-order valence-electron chi connectivity index (χ2n) is 5.55. The van der Waals surface area contributed by atoms with E-state index in [-0.39, 0.29) is 44.2 Å². The summed E-state index contributed by atoms with van der Waals surface area (Å²) in [6.07, 6.45) is 0. The number of benzene rings is 3. The van der Waals surface area contributed by atoms with Crippen LogP contribution in [0.15, 0.2) is 60.7 Å². The van der Waals surface area contributed by atoms with Gasteiger partial charge in [-0.2, -0.15) is 0 Å². The number of hydrogen-bond acceptors (Lipinski definition) is 6. The predicted octanol–water partition coefficient (Wildman–Crippen LogP) is 4.84. The summed E-state index contributed by atoms with van der Waals surface area (Å²) >= 11 is 11.6. The molecule has 0 atom stereocenters. The Morgan fingerprint density at radius 1 is 0.679 bits per heavy atom. The van der Waals surface area contributed by atoms with E-state index in [4.69, 9.17) is 32.7 Å². The highest BCUT2D eigenvalue weighted by Gasteiger charge is 2.20. The highest BCUT2D eigenvalue weighted by atomic mass is 35.5. The number of ether oxygens (including phenoxy) is 2. The summed E-state index contributed by atoms with van der Waals surface area (Å²) in [5, 5.41) is 18.9. The molecule has 142 valence electrons. The summed E-state index contributed by atoms with van der Waals surface area (Å²) in [5.41, 5.74) is -0.0526. The van der Waals surface area contributed by atoms with Crippen LogP contribution < -0.4 is 9.47 Å². The van der Waals surface area contributed by atoms with Gasteiger partial charge in [-0.3, -0.25) is 0 Å². The van der Waals surface area contributed by atoms with Gasteiger partial charge in [0.1, 0.15) is 23.0 Å². The van der Waals surface area contributed by atoms with Crippen molar-refractivity contribution in [3.8, 4) is 23.0 Å². The summed E-state index contributed by atoms with van der Waals surface area (Å²) in [6, 6.07) is 13.8. The van der Waals surface area contributed by atoms with E-state index in [1.807, 2.05) is 0 Å². The molecule has 0 aliphatic heterocycles. The first kappa shape index (κ1) is 19.5. The quantitative estimate of drug-likeness (QED) is 0.464. The molecule has 0 bridgehead atoms. The SMILES string of the molecule is O=C(Oc1ccc(O)c(Cl)c1)c1ccccc1C(=O)Oc1ccc(O)c(Cl)c1. The standard InChI is InChI=1S/C20H12Cl2O6/c21-15-9-11(5-7-17(15)23)27-19(25)13-3-1-2-4-14(13)20(26)28-12-6-8-18(24)16(22)10-12/h1-10,23-24H. The highest BCUT2D eigenvalue weighted by molar-refractivity contribution is 6.32. The van der Waals surface area contributed by atoms with Gasteiger partial charge >= 0.3 is 11.9 Å². The smallest absolute Gasteiger partial charge is 0.344 e.